The molecule has 9 heteroatoms. The van der Waals surface area contributed by atoms with E-state index in [2.05, 4.69) is 5.32 Å². The van der Waals surface area contributed by atoms with Gasteiger partial charge in [0.25, 0.3) is 0 Å². The van der Waals surface area contributed by atoms with E-state index in [1.165, 1.54) is 24.6 Å². The van der Waals surface area contributed by atoms with Gasteiger partial charge in [-0.25, -0.2) is 8.42 Å². The highest BCUT2D eigenvalue weighted by atomic mass is 32.2. The fourth-order valence-corrected chi connectivity index (χ4v) is 5.82. The smallest absolute Gasteiger partial charge is 0.247 e. The van der Waals surface area contributed by atoms with Gasteiger partial charge in [0, 0.05) is 25.2 Å². The molecule has 1 amide bonds. The molecule has 1 aliphatic carbocycles. The fourth-order valence-electron chi connectivity index (χ4n) is 3.97. The monoisotopic (exact) mass is 412 g/mol. The van der Waals surface area contributed by atoms with Gasteiger partial charge in [-0.1, -0.05) is 12.8 Å². The largest absolute Gasteiger partial charge is 0.497 e. The van der Waals surface area contributed by atoms with Crippen LogP contribution < -0.4 is 14.8 Å². The molecule has 1 N–H and O–H groups in total. The Morgan fingerprint density at radius 2 is 1.93 bits per heavy atom. The summed E-state index contributed by atoms with van der Waals surface area (Å²) >= 11 is 0. The number of carbonyl (C=O) groups is 1. The Hall–Kier alpha value is -1.84. The van der Waals surface area contributed by atoms with E-state index in [1.54, 1.807) is 12.1 Å². The first-order valence-electron chi connectivity index (χ1n) is 9.58. The van der Waals surface area contributed by atoms with E-state index >= 15 is 0 Å². The van der Waals surface area contributed by atoms with Crippen LogP contribution in [0, 0.1) is 5.92 Å². The number of nitrogens with zero attached hydrogens (tertiary/aromatic N) is 1. The van der Waals surface area contributed by atoms with Crippen molar-refractivity contribution in [2.24, 2.45) is 5.92 Å². The molecular weight excluding hydrogens is 384 g/mol. The van der Waals surface area contributed by atoms with Crippen LogP contribution in [0.5, 0.6) is 11.5 Å². The summed E-state index contributed by atoms with van der Waals surface area (Å²) in [7, 11) is -1.01. The molecule has 28 heavy (non-hydrogen) atoms. The number of fused-ring (bicyclic) bond motifs is 1. The first-order valence-corrected chi connectivity index (χ1v) is 11.0. The molecule has 1 aliphatic heterocycles. The van der Waals surface area contributed by atoms with Crippen molar-refractivity contribution in [1.29, 1.82) is 0 Å². The lowest BCUT2D eigenvalue weighted by atomic mass is 9.83. The minimum atomic E-state index is -3.93. The second-order valence-corrected chi connectivity index (χ2v) is 8.85. The van der Waals surface area contributed by atoms with Crippen molar-refractivity contribution in [1.82, 2.24) is 9.62 Å². The maximum Gasteiger partial charge on any atom is 0.247 e. The topological polar surface area (TPSA) is 94.2 Å². The summed E-state index contributed by atoms with van der Waals surface area (Å²) < 4.78 is 44.8. The maximum atomic E-state index is 13.7. The number of sulfonamides is 1. The Balaban J connectivity index is 2.04. The minimum absolute atomic E-state index is 0.0381. The third-order valence-corrected chi connectivity index (χ3v) is 7.34. The molecule has 1 aromatic rings. The number of rotatable bonds is 4. The summed E-state index contributed by atoms with van der Waals surface area (Å²) in [5, 5.41) is 2.87. The van der Waals surface area contributed by atoms with Gasteiger partial charge in [0.1, 0.15) is 16.4 Å². The van der Waals surface area contributed by atoms with E-state index in [4.69, 9.17) is 14.2 Å². The lowest BCUT2D eigenvalue weighted by Gasteiger charge is -2.39. The van der Waals surface area contributed by atoms with Crippen LogP contribution in [0.15, 0.2) is 23.1 Å². The van der Waals surface area contributed by atoms with Crippen molar-refractivity contribution < 1.29 is 27.4 Å². The number of nitrogens with one attached hydrogen (secondary N) is 1. The van der Waals surface area contributed by atoms with E-state index in [1.807, 2.05) is 0 Å². The van der Waals surface area contributed by atoms with Crippen LogP contribution in [-0.2, 0) is 19.6 Å². The summed E-state index contributed by atoms with van der Waals surface area (Å²) in [6.45, 7) is 1.26. The zero-order chi connectivity index (χ0) is 20.1. The zero-order valence-corrected chi connectivity index (χ0v) is 17.2. The Kier molecular flexibility index (Phi) is 6.79. The van der Waals surface area contributed by atoms with Gasteiger partial charge in [-0.3, -0.25) is 4.79 Å². The van der Waals surface area contributed by atoms with Crippen LogP contribution >= 0.6 is 0 Å². The SMILES string of the molecule is COc1ccc(OC)c(S(=O)(=O)N2CCOCCNC(=O)[C@H]3CCCC[C@H]32)c1. The van der Waals surface area contributed by atoms with Gasteiger partial charge in [0.15, 0.2) is 0 Å². The zero-order valence-electron chi connectivity index (χ0n) is 16.3. The number of carbonyl (C=O) groups excluding carboxylic acids is 1. The molecule has 0 radical (unpaired) electrons. The second-order valence-electron chi connectivity index (χ2n) is 6.99. The third-order valence-electron chi connectivity index (χ3n) is 5.40. The number of ether oxygens (including phenoxy) is 3. The first kappa shape index (κ1) is 20.9. The van der Waals surface area contributed by atoms with Gasteiger partial charge in [0.05, 0.1) is 33.4 Å². The van der Waals surface area contributed by atoms with Gasteiger partial charge < -0.3 is 19.5 Å². The Labute approximate surface area is 166 Å². The lowest BCUT2D eigenvalue weighted by molar-refractivity contribution is -0.128. The lowest BCUT2D eigenvalue weighted by Crippen LogP contribution is -2.52. The molecule has 2 atom stereocenters. The quantitative estimate of drug-likeness (QED) is 0.803. The second kappa shape index (κ2) is 9.11. The molecule has 1 heterocycles. The average molecular weight is 413 g/mol. The van der Waals surface area contributed by atoms with Crippen molar-refractivity contribution >= 4 is 15.9 Å². The van der Waals surface area contributed by atoms with Gasteiger partial charge in [-0.2, -0.15) is 4.31 Å². The summed E-state index contributed by atoms with van der Waals surface area (Å²) in [6.07, 6.45) is 3.13. The van der Waals surface area contributed by atoms with Crippen LogP contribution in [0.1, 0.15) is 25.7 Å². The predicted octanol–water partition coefficient (Wildman–Crippen LogP) is 1.40. The summed E-state index contributed by atoms with van der Waals surface area (Å²) in [5.74, 6) is 0.205. The summed E-state index contributed by atoms with van der Waals surface area (Å²) in [5.41, 5.74) is 0. The van der Waals surface area contributed by atoms with Crippen LogP contribution in [0.4, 0.5) is 0 Å². The van der Waals surface area contributed by atoms with Gasteiger partial charge in [0.2, 0.25) is 15.9 Å². The van der Waals surface area contributed by atoms with Crippen molar-refractivity contribution in [3.63, 3.8) is 0 Å². The van der Waals surface area contributed by atoms with Crippen LogP contribution in [0.3, 0.4) is 0 Å². The number of methoxy groups -OCH3 is 2. The van der Waals surface area contributed by atoms with E-state index in [0.29, 0.717) is 31.7 Å². The molecule has 1 saturated carbocycles. The molecule has 156 valence electrons. The maximum absolute atomic E-state index is 13.7. The third kappa shape index (κ3) is 4.26. The fraction of sp³-hybridized carbons (Fsp3) is 0.632. The highest BCUT2D eigenvalue weighted by Gasteiger charge is 2.41. The van der Waals surface area contributed by atoms with E-state index in [9.17, 15) is 13.2 Å². The van der Waals surface area contributed by atoms with Gasteiger partial charge >= 0.3 is 0 Å². The number of benzene rings is 1. The molecule has 0 unspecified atom stereocenters. The Morgan fingerprint density at radius 3 is 2.68 bits per heavy atom. The van der Waals surface area contributed by atoms with Crippen molar-refractivity contribution in [3.05, 3.63) is 18.2 Å². The number of hydrogen-bond donors (Lipinski definition) is 1. The van der Waals surface area contributed by atoms with Crippen LogP contribution in [0.2, 0.25) is 0 Å². The Bertz CT molecular complexity index is 798. The number of hydrogen-bond acceptors (Lipinski definition) is 6. The van der Waals surface area contributed by atoms with E-state index in [-0.39, 0.29) is 35.6 Å². The van der Waals surface area contributed by atoms with Crippen molar-refractivity contribution in [3.8, 4) is 11.5 Å². The van der Waals surface area contributed by atoms with Gasteiger partial charge in [-0.15, -0.1) is 0 Å². The molecule has 1 aromatic carbocycles. The molecule has 0 bridgehead atoms. The molecule has 3 rings (SSSR count). The molecule has 1 saturated heterocycles. The normalized spacial score (nSPS) is 24.7. The summed E-state index contributed by atoms with van der Waals surface area (Å²) in [4.78, 5) is 12.7. The van der Waals surface area contributed by atoms with Crippen LogP contribution in [-0.4, -0.2) is 65.2 Å². The highest BCUT2D eigenvalue weighted by molar-refractivity contribution is 7.89. The van der Waals surface area contributed by atoms with Crippen molar-refractivity contribution in [2.45, 2.75) is 36.6 Å². The molecule has 0 aromatic heterocycles. The van der Waals surface area contributed by atoms with Crippen molar-refractivity contribution in [2.75, 3.05) is 40.5 Å². The van der Waals surface area contributed by atoms with E-state index in [0.717, 1.165) is 12.8 Å². The number of amides is 1. The average Bonchev–Trinajstić information content (AvgIpc) is 2.72. The highest BCUT2D eigenvalue weighted by Crippen LogP contribution is 2.36. The Morgan fingerprint density at radius 1 is 1.14 bits per heavy atom. The molecule has 2 aliphatic rings. The van der Waals surface area contributed by atoms with Crippen LogP contribution in [0.25, 0.3) is 0 Å². The molecular formula is C19H28N2O6S. The molecule has 2 fully saturated rings. The van der Waals surface area contributed by atoms with Gasteiger partial charge in [-0.05, 0) is 25.0 Å². The predicted molar refractivity (Wildman–Crippen MR) is 103 cm³/mol. The molecule has 0 spiro atoms. The first-order chi connectivity index (χ1) is 13.5. The standard InChI is InChI=1S/C19H28N2O6S/c1-25-14-7-8-17(26-2)18(13-14)28(23,24)21-10-12-27-11-9-20-19(22)15-5-3-4-6-16(15)21/h7-8,13,15-16H,3-6,9-12H2,1-2H3,(H,20,22)/t15-,16+/m0/s1. The van der Waals surface area contributed by atoms with E-state index < -0.39 is 16.1 Å². The molecule has 8 nitrogen and oxygen atoms in total. The summed E-state index contributed by atoms with van der Waals surface area (Å²) in [6, 6.07) is 4.29. The minimum Gasteiger partial charge on any atom is -0.497 e.